The Labute approximate surface area is 142 Å². The fourth-order valence-electron chi connectivity index (χ4n) is 2.63. The number of piperidine rings is 1. The molecule has 2 amide bonds. The molecule has 1 aliphatic rings. The average Bonchev–Trinajstić information content (AvgIpc) is 2.50. The highest BCUT2D eigenvalue weighted by Gasteiger charge is 2.39. The van der Waals surface area contributed by atoms with E-state index in [4.69, 9.17) is 4.74 Å². The van der Waals surface area contributed by atoms with Gasteiger partial charge in [0.1, 0.15) is 5.60 Å². The van der Waals surface area contributed by atoms with Gasteiger partial charge < -0.3 is 20.7 Å². The van der Waals surface area contributed by atoms with Crippen LogP contribution >= 0.6 is 12.4 Å². The molecule has 7 heteroatoms. The third-order valence-electron chi connectivity index (χ3n) is 4.02. The minimum Gasteiger partial charge on any atom is -0.368 e. The number of nitrogens with one attached hydrogen (secondary N) is 3. The standard InChI is InChI=1S/C16H23N3O3.ClH/c1-11-4-5-13(18-12(2)20)10-14(11)19-15(21)16(22-3)6-8-17-9-7-16;/h4-5,10,17H,6-9H2,1-3H3,(H,18,20)(H,19,21);1H. The van der Waals surface area contributed by atoms with E-state index in [1.165, 1.54) is 6.92 Å². The van der Waals surface area contributed by atoms with Crippen LogP contribution in [0, 0.1) is 6.92 Å². The number of carbonyl (C=O) groups is 2. The van der Waals surface area contributed by atoms with Crippen LogP contribution in [0.2, 0.25) is 0 Å². The van der Waals surface area contributed by atoms with Crippen LogP contribution in [-0.2, 0) is 14.3 Å². The van der Waals surface area contributed by atoms with E-state index in [1.807, 2.05) is 19.1 Å². The van der Waals surface area contributed by atoms with Crippen molar-refractivity contribution in [3.05, 3.63) is 23.8 Å². The minimum absolute atomic E-state index is 0. The third kappa shape index (κ3) is 4.67. The normalized spacial score (nSPS) is 16.1. The molecule has 1 fully saturated rings. The van der Waals surface area contributed by atoms with Gasteiger partial charge in [-0.2, -0.15) is 0 Å². The van der Waals surface area contributed by atoms with E-state index in [2.05, 4.69) is 16.0 Å². The number of rotatable bonds is 4. The maximum Gasteiger partial charge on any atom is 0.256 e. The summed E-state index contributed by atoms with van der Waals surface area (Å²) >= 11 is 0. The Morgan fingerprint density at radius 1 is 1.22 bits per heavy atom. The maximum absolute atomic E-state index is 12.7. The zero-order valence-corrected chi connectivity index (χ0v) is 14.5. The van der Waals surface area contributed by atoms with E-state index in [9.17, 15) is 9.59 Å². The number of hydrogen-bond acceptors (Lipinski definition) is 4. The Hall–Kier alpha value is -1.63. The highest BCUT2D eigenvalue weighted by molar-refractivity contribution is 5.99. The largest absolute Gasteiger partial charge is 0.368 e. The maximum atomic E-state index is 12.7. The molecule has 1 aliphatic heterocycles. The van der Waals surface area contributed by atoms with E-state index in [0.29, 0.717) is 24.2 Å². The lowest BCUT2D eigenvalue weighted by Crippen LogP contribution is -2.51. The van der Waals surface area contributed by atoms with Gasteiger partial charge in [0.25, 0.3) is 5.91 Å². The SMILES string of the molecule is COC1(C(=O)Nc2cc(NC(C)=O)ccc2C)CCNCC1.Cl. The molecule has 0 aromatic heterocycles. The summed E-state index contributed by atoms with van der Waals surface area (Å²) in [5.74, 6) is -0.285. The number of methoxy groups -OCH3 is 1. The molecule has 0 bridgehead atoms. The summed E-state index contributed by atoms with van der Waals surface area (Å²) in [6.45, 7) is 4.88. The Morgan fingerprint density at radius 3 is 2.43 bits per heavy atom. The van der Waals surface area contributed by atoms with Crippen LogP contribution in [0.3, 0.4) is 0 Å². The fourth-order valence-corrected chi connectivity index (χ4v) is 2.63. The molecule has 1 aromatic carbocycles. The van der Waals surface area contributed by atoms with Crippen molar-refractivity contribution in [3.8, 4) is 0 Å². The first kappa shape index (κ1) is 19.4. The summed E-state index contributed by atoms with van der Waals surface area (Å²) in [6, 6.07) is 5.44. The second-order valence-electron chi connectivity index (χ2n) is 5.61. The first-order valence-electron chi connectivity index (χ1n) is 7.42. The van der Waals surface area contributed by atoms with Gasteiger partial charge in [0, 0.05) is 25.4 Å². The number of benzene rings is 1. The molecule has 3 N–H and O–H groups in total. The van der Waals surface area contributed by atoms with Gasteiger partial charge in [-0.25, -0.2) is 0 Å². The first-order valence-corrected chi connectivity index (χ1v) is 7.42. The topological polar surface area (TPSA) is 79.5 Å². The second-order valence-corrected chi connectivity index (χ2v) is 5.61. The fraction of sp³-hybridized carbons (Fsp3) is 0.500. The molecule has 0 spiro atoms. The molecular formula is C16H24ClN3O3. The predicted octanol–water partition coefficient (Wildman–Crippen LogP) is 2.08. The van der Waals surface area contributed by atoms with Gasteiger partial charge in [0.15, 0.2) is 0 Å². The summed E-state index contributed by atoms with van der Waals surface area (Å²) < 4.78 is 5.53. The number of aryl methyl sites for hydroxylation is 1. The predicted molar refractivity (Wildman–Crippen MR) is 93.2 cm³/mol. The Bertz CT molecular complexity index is 572. The molecule has 0 saturated carbocycles. The van der Waals surface area contributed by atoms with Crippen molar-refractivity contribution < 1.29 is 14.3 Å². The van der Waals surface area contributed by atoms with E-state index in [0.717, 1.165) is 18.7 Å². The molecule has 0 radical (unpaired) electrons. The molecule has 128 valence electrons. The van der Waals surface area contributed by atoms with Crippen molar-refractivity contribution in [2.75, 3.05) is 30.8 Å². The van der Waals surface area contributed by atoms with Gasteiger partial charge in [0.2, 0.25) is 5.91 Å². The average molecular weight is 342 g/mol. The Kier molecular flexibility index (Phi) is 7.00. The molecule has 6 nitrogen and oxygen atoms in total. The van der Waals surface area contributed by atoms with E-state index in [-0.39, 0.29) is 24.2 Å². The lowest BCUT2D eigenvalue weighted by atomic mass is 9.91. The van der Waals surface area contributed by atoms with Crippen molar-refractivity contribution in [1.82, 2.24) is 5.32 Å². The molecular weight excluding hydrogens is 318 g/mol. The van der Waals surface area contributed by atoms with Gasteiger partial charge in [-0.05, 0) is 50.6 Å². The molecule has 0 unspecified atom stereocenters. The van der Waals surface area contributed by atoms with Gasteiger partial charge in [-0.3, -0.25) is 9.59 Å². The number of halogens is 1. The number of hydrogen-bond donors (Lipinski definition) is 3. The third-order valence-corrected chi connectivity index (χ3v) is 4.02. The molecule has 1 heterocycles. The first-order chi connectivity index (χ1) is 10.5. The van der Waals surface area contributed by atoms with Gasteiger partial charge in [0.05, 0.1) is 0 Å². The van der Waals surface area contributed by atoms with Gasteiger partial charge in [-0.15, -0.1) is 12.4 Å². The zero-order valence-electron chi connectivity index (χ0n) is 13.7. The lowest BCUT2D eigenvalue weighted by molar-refractivity contribution is -0.140. The van der Waals surface area contributed by atoms with E-state index >= 15 is 0 Å². The summed E-state index contributed by atoms with van der Waals surface area (Å²) in [5, 5.41) is 8.89. The summed E-state index contributed by atoms with van der Waals surface area (Å²) in [6.07, 6.45) is 1.28. The smallest absolute Gasteiger partial charge is 0.256 e. The highest BCUT2D eigenvalue weighted by atomic mass is 35.5. The highest BCUT2D eigenvalue weighted by Crippen LogP contribution is 2.27. The summed E-state index contributed by atoms with van der Waals surface area (Å²) in [7, 11) is 1.57. The summed E-state index contributed by atoms with van der Waals surface area (Å²) in [5.41, 5.74) is 1.49. The Balaban J connectivity index is 0.00000264. The Morgan fingerprint density at radius 2 is 1.87 bits per heavy atom. The van der Waals surface area contributed by atoms with Crippen LogP contribution in [-0.4, -0.2) is 37.6 Å². The van der Waals surface area contributed by atoms with Crippen molar-refractivity contribution in [2.24, 2.45) is 0 Å². The number of amides is 2. The van der Waals surface area contributed by atoms with Crippen molar-refractivity contribution in [3.63, 3.8) is 0 Å². The van der Waals surface area contributed by atoms with Crippen LogP contribution in [0.15, 0.2) is 18.2 Å². The molecule has 23 heavy (non-hydrogen) atoms. The number of anilines is 2. The van der Waals surface area contributed by atoms with Crippen LogP contribution < -0.4 is 16.0 Å². The van der Waals surface area contributed by atoms with Crippen LogP contribution in [0.5, 0.6) is 0 Å². The second kappa shape index (κ2) is 8.29. The number of ether oxygens (including phenoxy) is 1. The van der Waals surface area contributed by atoms with Gasteiger partial charge >= 0.3 is 0 Å². The van der Waals surface area contributed by atoms with Crippen LogP contribution in [0.25, 0.3) is 0 Å². The quantitative estimate of drug-likeness (QED) is 0.783. The summed E-state index contributed by atoms with van der Waals surface area (Å²) in [4.78, 5) is 23.8. The van der Waals surface area contributed by atoms with Crippen molar-refractivity contribution >= 4 is 35.6 Å². The van der Waals surface area contributed by atoms with Crippen molar-refractivity contribution in [1.29, 1.82) is 0 Å². The molecule has 2 rings (SSSR count). The minimum atomic E-state index is -0.790. The lowest BCUT2D eigenvalue weighted by Gasteiger charge is -2.34. The van der Waals surface area contributed by atoms with Gasteiger partial charge in [-0.1, -0.05) is 6.07 Å². The zero-order chi connectivity index (χ0) is 16.2. The number of carbonyl (C=O) groups excluding carboxylic acids is 2. The van der Waals surface area contributed by atoms with E-state index in [1.54, 1.807) is 13.2 Å². The molecule has 0 atom stereocenters. The van der Waals surface area contributed by atoms with Crippen molar-refractivity contribution in [2.45, 2.75) is 32.3 Å². The molecule has 1 aromatic rings. The molecule has 0 aliphatic carbocycles. The molecule has 1 saturated heterocycles. The monoisotopic (exact) mass is 341 g/mol. The van der Waals surface area contributed by atoms with Crippen LogP contribution in [0.1, 0.15) is 25.3 Å². The van der Waals surface area contributed by atoms with Crippen LogP contribution in [0.4, 0.5) is 11.4 Å². The van der Waals surface area contributed by atoms with E-state index < -0.39 is 5.60 Å².